The van der Waals surface area contributed by atoms with Gasteiger partial charge in [-0.3, -0.25) is 0 Å². The summed E-state index contributed by atoms with van der Waals surface area (Å²) in [6.45, 7) is 0. The summed E-state index contributed by atoms with van der Waals surface area (Å²) in [6.07, 6.45) is 5.72. The number of fused-ring (bicyclic) bond motifs is 2. The molecule has 1 heteroatoms. The number of nitrogens with one attached hydrogen (secondary N) is 1. The quantitative estimate of drug-likeness (QED) is 0.864. The molecule has 2 fully saturated rings. The van der Waals surface area contributed by atoms with Crippen molar-refractivity contribution in [3.63, 3.8) is 0 Å². The van der Waals surface area contributed by atoms with E-state index in [9.17, 15) is 0 Å². The van der Waals surface area contributed by atoms with E-state index in [4.69, 9.17) is 0 Å². The molecule has 1 nitrogen and oxygen atoms in total. The molecule has 2 aromatic rings. The molecule has 108 valence electrons. The molecule has 0 spiro atoms. The molecule has 0 aromatic heterocycles. The fraction of sp³-hybridized carbons (Fsp3) is 0.400. The predicted molar refractivity (Wildman–Crippen MR) is 87.1 cm³/mol. The lowest BCUT2D eigenvalue weighted by atomic mass is 9.92. The topological polar surface area (TPSA) is 12.0 Å². The third-order valence-electron chi connectivity index (χ3n) is 5.38. The van der Waals surface area contributed by atoms with Gasteiger partial charge < -0.3 is 5.32 Å². The van der Waals surface area contributed by atoms with E-state index in [0.717, 1.165) is 11.8 Å². The molecule has 1 N–H and O–H groups in total. The van der Waals surface area contributed by atoms with Crippen molar-refractivity contribution in [1.29, 1.82) is 0 Å². The zero-order valence-electron chi connectivity index (χ0n) is 12.4. The van der Waals surface area contributed by atoms with Crippen LogP contribution in [0, 0.1) is 11.8 Å². The molecule has 2 bridgehead atoms. The first-order chi connectivity index (χ1) is 10.4. The maximum absolute atomic E-state index is 3.98. The van der Waals surface area contributed by atoms with Crippen molar-refractivity contribution in [2.45, 2.75) is 37.8 Å². The number of rotatable bonds is 4. The summed E-state index contributed by atoms with van der Waals surface area (Å²) in [6, 6.07) is 22.8. The molecule has 2 aliphatic carbocycles. The van der Waals surface area contributed by atoms with Gasteiger partial charge in [-0.2, -0.15) is 0 Å². The summed E-state index contributed by atoms with van der Waals surface area (Å²) < 4.78 is 0. The highest BCUT2D eigenvalue weighted by molar-refractivity contribution is 5.31. The van der Waals surface area contributed by atoms with Crippen LogP contribution in [-0.2, 0) is 0 Å². The van der Waals surface area contributed by atoms with Crippen LogP contribution >= 0.6 is 0 Å². The van der Waals surface area contributed by atoms with E-state index in [1.54, 1.807) is 0 Å². The zero-order chi connectivity index (χ0) is 14.1. The van der Waals surface area contributed by atoms with Gasteiger partial charge in [0, 0.05) is 6.04 Å². The second-order valence-corrected chi connectivity index (χ2v) is 6.70. The van der Waals surface area contributed by atoms with E-state index >= 15 is 0 Å². The molecular formula is C20H23N. The maximum Gasteiger partial charge on any atom is 0.0578 e. The van der Waals surface area contributed by atoms with Crippen LogP contribution in [0.4, 0.5) is 0 Å². The molecule has 0 heterocycles. The molecule has 21 heavy (non-hydrogen) atoms. The second kappa shape index (κ2) is 5.65. The normalized spacial score (nSPS) is 27.4. The van der Waals surface area contributed by atoms with Gasteiger partial charge in [0.15, 0.2) is 0 Å². The van der Waals surface area contributed by atoms with Gasteiger partial charge in [-0.25, -0.2) is 0 Å². The minimum absolute atomic E-state index is 0.330. The van der Waals surface area contributed by atoms with Crippen molar-refractivity contribution in [3.8, 4) is 0 Å². The average molecular weight is 277 g/mol. The lowest BCUT2D eigenvalue weighted by Crippen LogP contribution is -2.37. The summed E-state index contributed by atoms with van der Waals surface area (Å²) in [5.74, 6) is 1.89. The summed E-state index contributed by atoms with van der Waals surface area (Å²) in [5, 5.41) is 3.98. The Morgan fingerprint density at radius 1 is 0.762 bits per heavy atom. The first-order valence-electron chi connectivity index (χ1n) is 8.26. The Kier molecular flexibility index (Phi) is 3.52. The van der Waals surface area contributed by atoms with E-state index in [1.165, 1.54) is 36.8 Å². The van der Waals surface area contributed by atoms with E-state index in [1.807, 2.05) is 0 Å². The lowest BCUT2D eigenvalue weighted by molar-refractivity contribution is 0.334. The van der Waals surface area contributed by atoms with Crippen molar-refractivity contribution in [1.82, 2.24) is 5.32 Å². The van der Waals surface area contributed by atoms with Crippen molar-refractivity contribution >= 4 is 0 Å². The van der Waals surface area contributed by atoms with Crippen LogP contribution in [0.2, 0.25) is 0 Å². The van der Waals surface area contributed by atoms with Crippen molar-refractivity contribution in [3.05, 3.63) is 71.8 Å². The van der Waals surface area contributed by atoms with Gasteiger partial charge in [-0.05, 0) is 42.2 Å². The Morgan fingerprint density at radius 3 is 1.86 bits per heavy atom. The summed E-state index contributed by atoms with van der Waals surface area (Å²) in [5.41, 5.74) is 2.76. The molecule has 0 unspecified atom stereocenters. The van der Waals surface area contributed by atoms with Gasteiger partial charge in [0.05, 0.1) is 6.04 Å². The second-order valence-electron chi connectivity index (χ2n) is 6.70. The monoisotopic (exact) mass is 277 g/mol. The highest BCUT2D eigenvalue weighted by Crippen LogP contribution is 2.45. The minimum Gasteiger partial charge on any atom is -0.303 e. The van der Waals surface area contributed by atoms with Crippen LogP contribution in [0.25, 0.3) is 0 Å². The van der Waals surface area contributed by atoms with Crippen molar-refractivity contribution in [2.24, 2.45) is 11.8 Å². The SMILES string of the molecule is c1ccc(C(N[C@H]2C[C@H]3CC[C@H]2C3)c2ccccc2)cc1. The molecule has 4 rings (SSSR count). The Bertz CT molecular complexity index is 538. The summed E-state index contributed by atoms with van der Waals surface area (Å²) in [7, 11) is 0. The third kappa shape index (κ3) is 2.63. The van der Waals surface area contributed by atoms with E-state index in [0.29, 0.717) is 12.1 Å². The molecule has 0 amide bonds. The van der Waals surface area contributed by atoms with E-state index in [-0.39, 0.29) is 0 Å². The van der Waals surface area contributed by atoms with Crippen LogP contribution < -0.4 is 5.32 Å². The molecule has 2 aliphatic rings. The number of benzene rings is 2. The Balaban J connectivity index is 1.61. The van der Waals surface area contributed by atoms with Crippen LogP contribution in [0.1, 0.15) is 42.9 Å². The molecule has 3 atom stereocenters. The third-order valence-corrected chi connectivity index (χ3v) is 5.38. The van der Waals surface area contributed by atoms with Gasteiger partial charge in [-0.15, -0.1) is 0 Å². The predicted octanol–water partition coefficient (Wildman–Crippen LogP) is 4.55. The first-order valence-corrected chi connectivity index (χ1v) is 8.26. The summed E-state index contributed by atoms with van der Waals surface area (Å²) in [4.78, 5) is 0. The van der Waals surface area contributed by atoms with Crippen molar-refractivity contribution in [2.75, 3.05) is 0 Å². The van der Waals surface area contributed by atoms with Gasteiger partial charge in [-0.1, -0.05) is 67.1 Å². The standard InChI is InChI=1S/C20H23N/c1-3-7-16(8-4-1)20(17-9-5-2-6-10-17)21-19-14-15-11-12-18(19)13-15/h1-10,15,18-21H,11-14H2/t15-,18-,19-/m0/s1. The molecule has 2 aromatic carbocycles. The van der Waals surface area contributed by atoms with Crippen LogP contribution in [0.15, 0.2) is 60.7 Å². The Morgan fingerprint density at radius 2 is 1.38 bits per heavy atom. The highest BCUT2D eigenvalue weighted by atomic mass is 15.0. The number of hydrogen-bond acceptors (Lipinski definition) is 1. The lowest BCUT2D eigenvalue weighted by Gasteiger charge is -2.29. The largest absolute Gasteiger partial charge is 0.303 e. The van der Waals surface area contributed by atoms with Crippen LogP contribution in [0.5, 0.6) is 0 Å². The van der Waals surface area contributed by atoms with Gasteiger partial charge >= 0.3 is 0 Å². The van der Waals surface area contributed by atoms with E-state index < -0.39 is 0 Å². The zero-order valence-corrected chi connectivity index (χ0v) is 12.4. The van der Waals surface area contributed by atoms with Crippen molar-refractivity contribution < 1.29 is 0 Å². The molecular weight excluding hydrogens is 254 g/mol. The Hall–Kier alpha value is -1.60. The van der Waals surface area contributed by atoms with Gasteiger partial charge in [0.25, 0.3) is 0 Å². The summed E-state index contributed by atoms with van der Waals surface area (Å²) >= 11 is 0. The fourth-order valence-electron chi connectivity index (χ4n) is 4.34. The van der Waals surface area contributed by atoms with Crippen LogP contribution in [-0.4, -0.2) is 6.04 Å². The molecule has 0 saturated heterocycles. The number of hydrogen-bond donors (Lipinski definition) is 1. The molecule has 2 saturated carbocycles. The van der Waals surface area contributed by atoms with Crippen LogP contribution in [0.3, 0.4) is 0 Å². The fourth-order valence-corrected chi connectivity index (χ4v) is 4.34. The Labute approximate surface area is 127 Å². The maximum atomic E-state index is 3.98. The van der Waals surface area contributed by atoms with Gasteiger partial charge in [0.1, 0.15) is 0 Å². The average Bonchev–Trinajstić information content (AvgIpc) is 3.17. The molecule has 0 radical (unpaired) electrons. The first kappa shape index (κ1) is 13.1. The van der Waals surface area contributed by atoms with Gasteiger partial charge in [0.2, 0.25) is 0 Å². The molecule has 0 aliphatic heterocycles. The minimum atomic E-state index is 0.330. The van der Waals surface area contributed by atoms with E-state index in [2.05, 4.69) is 66.0 Å². The highest BCUT2D eigenvalue weighted by Gasteiger charge is 2.40. The smallest absolute Gasteiger partial charge is 0.0578 e.